The summed E-state index contributed by atoms with van der Waals surface area (Å²) < 4.78 is 11.3. The predicted molar refractivity (Wildman–Crippen MR) is 78.6 cm³/mol. The summed E-state index contributed by atoms with van der Waals surface area (Å²) in [4.78, 5) is 3.96. The van der Waals surface area contributed by atoms with E-state index in [4.69, 9.17) is 21.1 Å². The van der Waals surface area contributed by atoms with Gasteiger partial charge in [-0.1, -0.05) is 17.7 Å². The Morgan fingerprint density at radius 1 is 1.15 bits per heavy atom. The van der Waals surface area contributed by atoms with Gasteiger partial charge in [-0.25, -0.2) is 0 Å². The molecule has 0 spiro atoms. The third kappa shape index (κ3) is 2.96. The van der Waals surface area contributed by atoms with E-state index in [0.29, 0.717) is 24.8 Å². The van der Waals surface area contributed by atoms with E-state index in [1.807, 2.05) is 24.3 Å². The maximum atomic E-state index is 6.06. The molecule has 3 rings (SSSR count). The van der Waals surface area contributed by atoms with Gasteiger partial charge in [0.1, 0.15) is 0 Å². The summed E-state index contributed by atoms with van der Waals surface area (Å²) in [6, 6.07) is 7.83. The fraction of sp³-hybridized carbons (Fsp3) is 0.267. The Morgan fingerprint density at radius 3 is 2.85 bits per heavy atom. The first-order valence-electron chi connectivity index (χ1n) is 6.55. The van der Waals surface area contributed by atoms with Crippen LogP contribution < -0.4 is 14.8 Å². The SMILES string of the molecule is Clc1cnccc1NCc1ccc2c(c1)OCCCO2. The number of nitrogens with zero attached hydrogens (tertiary/aromatic N) is 1. The van der Waals surface area contributed by atoms with Crippen LogP contribution in [-0.4, -0.2) is 18.2 Å². The number of hydrogen-bond donors (Lipinski definition) is 1. The molecule has 0 amide bonds. The van der Waals surface area contributed by atoms with Gasteiger partial charge in [-0.15, -0.1) is 0 Å². The number of ether oxygens (including phenoxy) is 2. The normalized spacial score (nSPS) is 13.7. The van der Waals surface area contributed by atoms with E-state index < -0.39 is 0 Å². The molecule has 0 aliphatic carbocycles. The van der Waals surface area contributed by atoms with Crippen LogP contribution in [0.2, 0.25) is 5.02 Å². The lowest BCUT2D eigenvalue weighted by molar-refractivity contribution is 0.297. The maximum absolute atomic E-state index is 6.06. The minimum Gasteiger partial charge on any atom is -0.490 e. The first-order valence-corrected chi connectivity index (χ1v) is 6.92. The summed E-state index contributed by atoms with van der Waals surface area (Å²) in [5.41, 5.74) is 1.98. The molecule has 0 saturated heterocycles. The predicted octanol–water partition coefficient (Wildman–Crippen LogP) is 3.51. The van der Waals surface area contributed by atoms with Gasteiger partial charge < -0.3 is 14.8 Å². The molecule has 20 heavy (non-hydrogen) atoms. The van der Waals surface area contributed by atoms with Crippen molar-refractivity contribution < 1.29 is 9.47 Å². The van der Waals surface area contributed by atoms with Crippen molar-refractivity contribution in [2.45, 2.75) is 13.0 Å². The number of pyridine rings is 1. The minimum atomic E-state index is 0.613. The maximum Gasteiger partial charge on any atom is 0.161 e. The average molecular weight is 291 g/mol. The number of benzene rings is 1. The van der Waals surface area contributed by atoms with Crippen molar-refractivity contribution in [1.82, 2.24) is 4.98 Å². The van der Waals surface area contributed by atoms with Gasteiger partial charge in [0.25, 0.3) is 0 Å². The highest BCUT2D eigenvalue weighted by Gasteiger charge is 2.10. The monoisotopic (exact) mass is 290 g/mol. The number of anilines is 1. The fourth-order valence-electron chi connectivity index (χ4n) is 2.03. The lowest BCUT2D eigenvalue weighted by Gasteiger charge is -2.11. The third-order valence-electron chi connectivity index (χ3n) is 3.07. The number of fused-ring (bicyclic) bond motifs is 1. The second kappa shape index (κ2) is 6.01. The highest BCUT2D eigenvalue weighted by atomic mass is 35.5. The van der Waals surface area contributed by atoms with Gasteiger partial charge in [-0.05, 0) is 23.8 Å². The summed E-state index contributed by atoms with van der Waals surface area (Å²) in [6.45, 7) is 2.07. The van der Waals surface area contributed by atoms with Crippen molar-refractivity contribution in [1.29, 1.82) is 0 Å². The van der Waals surface area contributed by atoms with Crippen molar-refractivity contribution >= 4 is 17.3 Å². The van der Waals surface area contributed by atoms with E-state index in [0.717, 1.165) is 29.2 Å². The van der Waals surface area contributed by atoms with Crippen molar-refractivity contribution in [2.75, 3.05) is 18.5 Å². The zero-order valence-electron chi connectivity index (χ0n) is 10.9. The average Bonchev–Trinajstić information content (AvgIpc) is 2.71. The second-order valence-corrected chi connectivity index (χ2v) is 4.95. The van der Waals surface area contributed by atoms with E-state index in [-0.39, 0.29) is 0 Å². The van der Waals surface area contributed by atoms with Crippen LogP contribution >= 0.6 is 11.6 Å². The van der Waals surface area contributed by atoms with Crippen LogP contribution in [0, 0.1) is 0 Å². The van der Waals surface area contributed by atoms with Crippen molar-refractivity contribution in [3.8, 4) is 11.5 Å². The van der Waals surface area contributed by atoms with Gasteiger partial charge in [-0.2, -0.15) is 0 Å². The Kier molecular flexibility index (Phi) is 3.92. The Hall–Kier alpha value is -1.94. The Bertz CT molecular complexity index is 604. The lowest BCUT2D eigenvalue weighted by Crippen LogP contribution is -2.01. The zero-order valence-corrected chi connectivity index (χ0v) is 11.7. The van der Waals surface area contributed by atoms with Crippen LogP contribution in [0.3, 0.4) is 0 Å². The van der Waals surface area contributed by atoms with Gasteiger partial charge in [0, 0.05) is 25.4 Å². The van der Waals surface area contributed by atoms with Crippen LogP contribution in [0.15, 0.2) is 36.7 Å². The topological polar surface area (TPSA) is 43.4 Å². The van der Waals surface area contributed by atoms with E-state index in [1.165, 1.54) is 0 Å². The molecule has 0 fully saturated rings. The molecule has 2 aromatic rings. The molecule has 0 atom stereocenters. The smallest absolute Gasteiger partial charge is 0.161 e. The lowest BCUT2D eigenvalue weighted by atomic mass is 10.2. The van der Waals surface area contributed by atoms with Crippen LogP contribution in [0.25, 0.3) is 0 Å². The molecule has 2 heterocycles. The molecule has 1 aliphatic rings. The molecule has 0 unspecified atom stereocenters. The number of hydrogen-bond acceptors (Lipinski definition) is 4. The Morgan fingerprint density at radius 2 is 2.00 bits per heavy atom. The molecule has 104 valence electrons. The molecule has 5 heteroatoms. The van der Waals surface area contributed by atoms with Gasteiger partial charge in [0.15, 0.2) is 11.5 Å². The fourth-order valence-corrected chi connectivity index (χ4v) is 2.22. The summed E-state index contributed by atoms with van der Waals surface area (Å²) in [5.74, 6) is 1.62. The van der Waals surface area contributed by atoms with E-state index in [1.54, 1.807) is 12.4 Å². The van der Waals surface area contributed by atoms with Gasteiger partial charge >= 0.3 is 0 Å². The van der Waals surface area contributed by atoms with Crippen LogP contribution in [0.1, 0.15) is 12.0 Å². The van der Waals surface area contributed by atoms with E-state index >= 15 is 0 Å². The third-order valence-corrected chi connectivity index (χ3v) is 3.37. The van der Waals surface area contributed by atoms with Gasteiger partial charge in [-0.3, -0.25) is 4.98 Å². The first-order chi connectivity index (χ1) is 9.83. The Balaban J connectivity index is 1.72. The van der Waals surface area contributed by atoms with Crippen molar-refractivity contribution in [2.24, 2.45) is 0 Å². The number of halogens is 1. The molecule has 1 aliphatic heterocycles. The first kappa shape index (κ1) is 13.1. The highest BCUT2D eigenvalue weighted by Crippen LogP contribution is 2.30. The minimum absolute atomic E-state index is 0.613. The number of rotatable bonds is 3. The summed E-state index contributed by atoms with van der Waals surface area (Å²) in [6.07, 6.45) is 4.24. The summed E-state index contributed by atoms with van der Waals surface area (Å²) >= 11 is 6.06. The van der Waals surface area contributed by atoms with E-state index in [9.17, 15) is 0 Å². The molecule has 1 aromatic heterocycles. The molecular formula is C15H15ClN2O2. The molecule has 0 bridgehead atoms. The highest BCUT2D eigenvalue weighted by molar-refractivity contribution is 6.33. The van der Waals surface area contributed by atoms with Crippen LogP contribution in [0.5, 0.6) is 11.5 Å². The van der Waals surface area contributed by atoms with E-state index in [2.05, 4.69) is 10.3 Å². The number of aromatic nitrogens is 1. The molecule has 0 radical (unpaired) electrons. The molecule has 4 nitrogen and oxygen atoms in total. The molecule has 1 N–H and O–H groups in total. The van der Waals surface area contributed by atoms with Crippen LogP contribution in [0.4, 0.5) is 5.69 Å². The largest absolute Gasteiger partial charge is 0.490 e. The summed E-state index contributed by atoms with van der Waals surface area (Å²) in [5, 5.41) is 3.90. The molecular weight excluding hydrogens is 276 g/mol. The quantitative estimate of drug-likeness (QED) is 0.939. The Labute approximate surface area is 122 Å². The second-order valence-electron chi connectivity index (χ2n) is 4.54. The van der Waals surface area contributed by atoms with Crippen molar-refractivity contribution in [3.63, 3.8) is 0 Å². The van der Waals surface area contributed by atoms with Gasteiger partial charge in [0.05, 0.1) is 23.9 Å². The van der Waals surface area contributed by atoms with Crippen molar-refractivity contribution in [3.05, 3.63) is 47.2 Å². The van der Waals surface area contributed by atoms with Gasteiger partial charge in [0.2, 0.25) is 0 Å². The number of nitrogens with one attached hydrogen (secondary N) is 1. The standard InChI is InChI=1S/C15H15ClN2O2/c16-12-10-17-5-4-13(12)18-9-11-2-3-14-15(8-11)20-7-1-6-19-14/h2-5,8,10H,1,6-7,9H2,(H,17,18). The zero-order chi connectivity index (χ0) is 13.8. The van der Waals surface area contributed by atoms with Crippen LogP contribution in [-0.2, 0) is 6.54 Å². The molecule has 0 saturated carbocycles. The molecule has 1 aromatic carbocycles. The summed E-state index contributed by atoms with van der Waals surface area (Å²) in [7, 11) is 0.